The molecule has 2 heterocycles. The van der Waals surface area contributed by atoms with E-state index in [9.17, 15) is 5.11 Å². The molecule has 6 nitrogen and oxygen atoms in total. The fourth-order valence-corrected chi connectivity index (χ4v) is 3.67. The maximum absolute atomic E-state index is 10.2. The monoisotopic (exact) mass is 325 g/mol. The summed E-state index contributed by atoms with van der Waals surface area (Å²) in [5, 5.41) is 22.1. The summed E-state index contributed by atoms with van der Waals surface area (Å²) in [5.41, 5.74) is 3.90. The minimum absolute atomic E-state index is 0.260. The van der Waals surface area contributed by atoms with Crippen LogP contribution in [-0.4, -0.2) is 50.9 Å². The van der Waals surface area contributed by atoms with E-state index in [1.807, 2.05) is 6.07 Å². The average Bonchev–Trinajstić information content (AvgIpc) is 2.58. The number of hydrogen-bond donors (Lipinski definition) is 2. The van der Waals surface area contributed by atoms with Crippen LogP contribution in [0.3, 0.4) is 0 Å². The summed E-state index contributed by atoms with van der Waals surface area (Å²) in [6, 6.07) is 4.09. The number of hydrogen-bond acceptors (Lipinski definition) is 6. The van der Waals surface area contributed by atoms with Crippen LogP contribution in [0.15, 0.2) is 18.3 Å². The number of aromatic hydroxyl groups is 1. The van der Waals surface area contributed by atoms with Gasteiger partial charge in [0.25, 0.3) is 0 Å². The van der Waals surface area contributed by atoms with E-state index in [1.54, 1.807) is 12.3 Å². The Morgan fingerprint density at radius 3 is 2.92 bits per heavy atom. The van der Waals surface area contributed by atoms with Crippen molar-refractivity contribution in [1.82, 2.24) is 20.1 Å². The lowest BCUT2D eigenvalue weighted by molar-refractivity contribution is 0.226. The van der Waals surface area contributed by atoms with Crippen molar-refractivity contribution in [2.45, 2.75) is 38.6 Å². The lowest BCUT2D eigenvalue weighted by atomic mass is 9.83. The molecule has 1 aliphatic carbocycles. The molecule has 0 spiro atoms. The molecule has 4 rings (SSSR count). The molecule has 2 aliphatic rings. The molecular weight excluding hydrogens is 302 g/mol. The molecule has 1 aliphatic heterocycles. The number of benzene rings is 1. The number of nitrogens with zero attached hydrogens (tertiary/aromatic N) is 4. The van der Waals surface area contributed by atoms with E-state index in [2.05, 4.69) is 32.3 Å². The van der Waals surface area contributed by atoms with Crippen LogP contribution in [0.25, 0.3) is 11.3 Å². The Balaban J connectivity index is 1.50. The summed E-state index contributed by atoms with van der Waals surface area (Å²) >= 11 is 0. The van der Waals surface area contributed by atoms with E-state index in [-0.39, 0.29) is 5.75 Å². The Morgan fingerprint density at radius 2 is 2.21 bits per heavy atom. The zero-order chi connectivity index (χ0) is 16.5. The molecule has 0 radical (unpaired) electrons. The van der Waals surface area contributed by atoms with Crippen LogP contribution in [0.4, 0.5) is 5.95 Å². The fourth-order valence-electron chi connectivity index (χ4n) is 3.67. The van der Waals surface area contributed by atoms with E-state index in [1.165, 1.54) is 24.1 Å². The van der Waals surface area contributed by atoms with Crippen LogP contribution in [-0.2, 0) is 12.8 Å². The number of likely N-dealkylation sites (N-methyl/N-ethyl adjacent to an activating group) is 1. The molecule has 0 amide bonds. The summed E-state index contributed by atoms with van der Waals surface area (Å²) in [4.78, 5) is 6.86. The van der Waals surface area contributed by atoms with Crippen molar-refractivity contribution in [2.75, 3.05) is 25.0 Å². The Bertz CT molecular complexity index is 731. The van der Waals surface area contributed by atoms with Gasteiger partial charge in [-0.2, -0.15) is 0 Å². The van der Waals surface area contributed by atoms with Gasteiger partial charge >= 0.3 is 0 Å². The standard InChI is InChI=1S/C18H23N5O/c1-2-23-9-3-4-13(11-23)20-18-19-10-15(21-22-18)17-14-7-5-12(14)6-8-16(17)24/h6,8,10,13,24H,2-5,7,9,11H2,1H3,(H,19,20,22)/t13-/m1/s1. The van der Waals surface area contributed by atoms with Crippen LogP contribution >= 0.6 is 0 Å². The molecule has 0 bridgehead atoms. The van der Waals surface area contributed by atoms with Gasteiger partial charge in [0.15, 0.2) is 0 Å². The van der Waals surface area contributed by atoms with Crippen molar-refractivity contribution in [2.24, 2.45) is 0 Å². The van der Waals surface area contributed by atoms with E-state index in [0.717, 1.165) is 37.9 Å². The van der Waals surface area contributed by atoms with Crippen molar-refractivity contribution in [1.29, 1.82) is 0 Å². The zero-order valence-electron chi connectivity index (χ0n) is 14.0. The fraction of sp³-hybridized carbons (Fsp3) is 0.500. The molecule has 1 saturated heterocycles. The normalized spacial score (nSPS) is 20.3. The van der Waals surface area contributed by atoms with Crippen LogP contribution in [0.2, 0.25) is 0 Å². The molecule has 1 aromatic heterocycles. The lowest BCUT2D eigenvalue weighted by Crippen LogP contribution is -2.42. The van der Waals surface area contributed by atoms with Gasteiger partial charge in [0.2, 0.25) is 5.95 Å². The first-order chi connectivity index (χ1) is 11.7. The first-order valence-corrected chi connectivity index (χ1v) is 8.77. The molecular formula is C18H23N5O. The number of phenols is 1. The first kappa shape index (κ1) is 15.3. The lowest BCUT2D eigenvalue weighted by Gasteiger charge is -2.32. The van der Waals surface area contributed by atoms with Gasteiger partial charge in [-0.1, -0.05) is 13.0 Å². The number of likely N-dealkylation sites (tertiary alicyclic amines) is 1. The largest absolute Gasteiger partial charge is 0.507 e. The van der Waals surface area contributed by atoms with E-state index in [0.29, 0.717) is 17.7 Å². The van der Waals surface area contributed by atoms with Crippen molar-refractivity contribution < 1.29 is 5.11 Å². The van der Waals surface area contributed by atoms with E-state index >= 15 is 0 Å². The summed E-state index contributed by atoms with van der Waals surface area (Å²) in [6.07, 6.45) is 6.09. The van der Waals surface area contributed by atoms with Gasteiger partial charge in [-0.3, -0.25) is 0 Å². The summed E-state index contributed by atoms with van der Waals surface area (Å²) < 4.78 is 0. The number of piperidine rings is 1. The minimum atomic E-state index is 0.260. The van der Waals surface area contributed by atoms with Crippen molar-refractivity contribution in [3.8, 4) is 17.0 Å². The van der Waals surface area contributed by atoms with Gasteiger partial charge in [-0.25, -0.2) is 4.98 Å². The maximum Gasteiger partial charge on any atom is 0.242 e. The van der Waals surface area contributed by atoms with E-state index in [4.69, 9.17) is 0 Å². The smallest absolute Gasteiger partial charge is 0.242 e. The van der Waals surface area contributed by atoms with Crippen molar-refractivity contribution in [3.63, 3.8) is 0 Å². The summed E-state index contributed by atoms with van der Waals surface area (Å²) in [6.45, 7) is 5.46. The zero-order valence-corrected chi connectivity index (χ0v) is 14.0. The van der Waals surface area contributed by atoms with Crippen LogP contribution in [0.1, 0.15) is 30.9 Å². The predicted molar refractivity (Wildman–Crippen MR) is 93.1 cm³/mol. The molecule has 2 N–H and O–H groups in total. The average molecular weight is 325 g/mol. The van der Waals surface area contributed by atoms with Crippen molar-refractivity contribution in [3.05, 3.63) is 29.5 Å². The quantitative estimate of drug-likeness (QED) is 0.898. The molecule has 0 saturated carbocycles. The third kappa shape index (κ3) is 2.82. The van der Waals surface area contributed by atoms with Crippen LogP contribution < -0.4 is 5.32 Å². The van der Waals surface area contributed by atoms with Gasteiger partial charge in [0, 0.05) is 18.2 Å². The number of aryl methyl sites for hydroxylation is 1. The molecule has 126 valence electrons. The number of fused-ring (bicyclic) bond motifs is 1. The molecule has 2 aromatic rings. The van der Waals surface area contributed by atoms with Gasteiger partial charge < -0.3 is 15.3 Å². The topological polar surface area (TPSA) is 74.2 Å². The van der Waals surface area contributed by atoms with Crippen LogP contribution in [0, 0.1) is 0 Å². The SMILES string of the molecule is CCN1CCC[C@@H](Nc2ncc(-c3c(O)ccc4c3CC4)nn2)C1. The second-order valence-corrected chi connectivity index (χ2v) is 6.64. The first-order valence-electron chi connectivity index (χ1n) is 8.77. The second kappa shape index (κ2) is 6.36. The third-order valence-corrected chi connectivity index (χ3v) is 5.14. The second-order valence-electron chi connectivity index (χ2n) is 6.64. The Hall–Kier alpha value is -2.21. The molecule has 0 unspecified atom stereocenters. The molecule has 1 atom stereocenters. The molecule has 1 fully saturated rings. The highest BCUT2D eigenvalue weighted by Crippen LogP contribution is 2.38. The Morgan fingerprint density at radius 1 is 1.29 bits per heavy atom. The van der Waals surface area contributed by atoms with E-state index < -0.39 is 0 Å². The van der Waals surface area contributed by atoms with Gasteiger partial charge in [-0.05, 0) is 56.0 Å². The number of nitrogens with one attached hydrogen (secondary N) is 1. The highest BCUT2D eigenvalue weighted by molar-refractivity contribution is 5.73. The van der Waals surface area contributed by atoms with Gasteiger partial charge in [-0.15, -0.1) is 10.2 Å². The Kier molecular flexibility index (Phi) is 4.06. The van der Waals surface area contributed by atoms with Crippen LogP contribution in [0.5, 0.6) is 5.75 Å². The highest BCUT2D eigenvalue weighted by Gasteiger charge is 2.23. The van der Waals surface area contributed by atoms with Gasteiger partial charge in [0.1, 0.15) is 11.4 Å². The number of anilines is 1. The number of aromatic nitrogens is 3. The summed E-state index contributed by atoms with van der Waals surface area (Å²) in [5.74, 6) is 0.826. The minimum Gasteiger partial charge on any atom is -0.507 e. The number of phenolic OH excluding ortho intramolecular Hbond substituents is 1. The molecule has 1 aromatic carbocycles. The molecule has 6 heteroatoms. The van der Waals surface area contributed by atoms with Crippen molar-refractivity contribution >= 4 is 5.95 Å². The maximum atomic E-state index is 10.2. The summed E-state index contributed by atoms with van der Waals surface area (Å²) in [7, 11) is 0. The highest BCUT2D eigenvalue weighted by atomic mass is 16.3. The Labute approximate surface area is 141 Å². The number of rotatable bonds is 4. The van der Waals surface area contributed by atoms with Gasteiger partial charge in [0.05, 0.1) is 6.20 Å². The molecule has 24 heavy (non-hydrogen) atoms. The predicted octanol–water partition coefficient (Wildman–Crippen LogP) is 2.24. The third-order valence-electron chi connectivity index (χ3n) is 5.14.